The molecule has 4 nitrogen and oxygen atoms in total. The highest BCUT2D eigenvalue weighted by atomic mass is 16.5. The van der Waals surface area contributed by atoms with Crippen LogP contribution in [0.3, 0.4) is 0 Å². The number of ether oxygens (including phenoxy) is 2. The molecule has 0 bridgehead atoms. The summed E-state index contributed by atoms with van der Waals surface area (Å²) in [7, 11) is 1.60. The second-order valence-corrected chi connectivity index (χ2v) is 5.16. The lowest BCUT2D eigenvalue weighted by atomic mass is 10.1. The van der Waals surface area contributed by atoms with Gasteiger partial charge in [-0.15, -0.1) is 0 Å². The topological polar surface area (TPSA) is 50.7 Å². The van der Waals surface area contributed by atoms with Crippen molar-refractivity contribution in [2.45, 2.75) is 32.0 Å². The zero-order chi connectivity index (χ0) is 13.7. The van der Waals surface area contributed by atoms with Crippen LogP contribution in [0.4, 0.5) is 0 Å². The number of aliphatic hydroxyl groups excluding tert-OH is 1. The van der Waals surface area contributed by atoms with Crippen LogP contribution in [0.25, 0.3) is 0 Å². The maximum Gasteiger partial charge on any atom is 0.123 e. The summed E-state index contributed by atoms with van der Waals surface area (Å²) in [5.74, 6) is 1.01. The van der Waals surface area contributed by atoms with E-state index in [1.54, 1.807) is 7.11 Å². The lowest BCUT2D eigenvalue weighted by Gasteiger charge is -2.13. The van der Waals surface area contributed by atoms with Gasteiger partial charge in [0.05, 0.1) is 12.7 Å². The molecule has 19 heavy (non-hydrogen) atoms. The predicted molar refractivity (Wildman–Crippen MR) is 74.7 cm³/mol. The lowest BCUT2D eigenvalue weighted by molar-refractivity contribution is 0.0590. The minimum Gasteiger partial charge on any atom is -0.488 e. The molecular weight excluding hydrogens is 242 g/mol. The molecule has 1 aromatic carbocycles. The summed E-state index contributed by atoms with van der Waals surface area (Å²) in [5.41, 5.74) is 2.57. The summed E-state index contributed by atoms with van der Waals surface area (Å²) < 4.78 is 10.8. The number of methoxy groups -OCH3 is 1. The highest BCUT2D eigenvalue weighted by Crippen LogP contribution is 2.29. The average molecular weight is 265 g/mol. The molecule has 2 atom stereocenters. The summed E-state index contributed by atoms with van der Waals surface area (Å²) in [6.07, 6.45) is 1.48. The maximum atomic E-state index is 9.52. The Morgan fingerprint density at radius 2 is 2.37 bits per heavy atom. The van der Waals surface area contributed by atoms with Crippen molar-refractivity contribution in [1.82, 2.24) is 5.32 Å². The molecular formula is C15H23NO3. The zero-order valence-corrected chi connectivity index (χ0v) is 11.7. The number of nitrogens with one attached hydrogen (secondary N) is 1. The van der Waals surface area contributed by atoms with Crippen molar-refractivity contribution in [1.29, 1.82) is 0 Å². The molecule has 1 aliphatic rings. The maximum absolute atomic E-state index is 9.52. The van der Waals surface area contributed by atoms with Gasteiger partial charge in [0.25, 0.3) is 0 Å². The van der Waals surface area contributed by atoms with Crippen LogP contribution in [-0.2, 0) is 11.2 Å². The van der Waals surface area contributed by atoms with Gasteiger partial charge in [-0.2, -0.15) is 0 Å². The fourth-order valence-corrected chi connectivity index (χ4v) is 2.37. The minimum absolute atomic E-state index is 0.205. The van der Waals surface area contributed by atoms with Crippen molar-refractivity contribution in [2.24, 2.45) is 0 Å². The molecule has 106 valence electrons. The Hall–Kier alpha value is -1.10. The molecule has 0 saturated carbocycles. The first-order valence-electron chi connectivity index (χ1n) is 6.83. The molecule has 4 heteroatoms. The van der Waals surface area contributed by atoms with Crippen LogP contribution in [0.15, 0.2) is 18.2 Å². The van der Waals surface area contributed by atoms with Gasteiger partial charge in [-0.05, 0) is 31.5 Å². The van der Waals surface area contributed by atoms with Crippen LogP contribution in [-0.4, -0.2) is 44.1 Å². The molecule has 0 fully saturated rings. The van der Waals surface area contributed by atoms with E-state index in [0.717, 1.165) is 25.3 Å². The van der Waals surface area contributed by atoms with Gasteiger partial charge < -0.3 is 19.9 Å². The van der Waals surface area contributed by atoms with Crippen LogP contribution in [0.5, 0.6) is 5.75 Å². The van der Waals surface area contributed by atoms with E-state index in [1.165, 1.54) is 11.1 Å². The summed E-state index contributed by atoms with van der Waals surface area (Å²) >= 11 is 0. The smallest absolute Gasteiger partial charge is 0.123 e. The van der Waals surface area contributed by atoms with Gasteiger partial charge in [0, 0.05) is 20.1 Å². The number of benzene rings is 1. The number of fused-ring (bicyclic) bond motifs is 1. The van der Waals surface area contributed by atoms with Crippen molar-refractivity contribution < 1.29 is 14.6 Å². The van der Waals surface area contributed by atoms with Gasteiger partial charge in [-0.25, -0.2) is 0 Å². The monoisotopic (exact) mass is 265 g/mol. The molecule has 2 N–H and O–H groups in total. The van der Waals surface area contributed by atoms with Gasteiger partial charge in [-0.3, -0.25) is 0 Å². The fraction of sp³-hybridized carbons (Fsp3) is 0.600. The molecule has 0 saturated heterocycles. The van der Waals surface area contributed by atoms with E-state index in [9.17, 15) is 5.11 Å². The van der Waals surface area contributed by atoms with Crippen LogP contribution >= 0.6 is 0 Å². The van der Waals surface area contributed by atoms with Crippen molar-refractivity contribution >= 4 is 0 Å². The summed E-state index contributed by atoms with van der Waals surface area (Å²) in [5, 5.41) is 12.8. The molecule has 0 aromatic heterocycles. The highest BCUT2D eigenvalue weighted by molar-refractivity contribution is 5.40. The molecule has 0 spiro atoms. The zero-order valence-electron chi connectivity index (χ0n) is 11.7. The van der Waals surface area contributed by atoms with Crippen molar-refractivity contribution in [2.75, 3.05) is 26.8 Å². The Labute approximate surface area is 114 Å². The minimum atomic E-state index is -0.387. The van der Waals surface area contributed by atoms with E-state index in [-0.39, 0.29) is 12.2 Å². The van der Waals surface area contributed by atoms with Gasteiger partial charge >= 0.3 is 0 Å². The van der Waals surface area contributed by atoms with Gasteiger partial charge in [-0.1, -0.05) is 17.7 Å². The summed E-state index contributed by atoms with van der Waals surface area (Å²) in [6.45, 7) is 4.09. The first-order chi connectivity index (χ1) is 9.19. The van der Waals surface area contributed by atoms with Crippen LogP contribution in [0, 0.1) is 6.92 Å². The van der Waals surface area contributed by atoms with E-state index < -0.39 is 0 Å². The molecule has 1 aliphatic heterocycles. The van der Waals surface area contributed by atoms with E-state index in [0.29, 0.717) is 13.0 Å². The molecule has 2 unspecified atom stereocenters. The Morgan fingerprint density at radius 3 is 3.16 bits per heavy atom. The number of aryl methyl sites for hydroxylation is 1. The van der Waals surface area contributed by atoms with E-state index in [4.69, 9.17) is 9.47 Å². The van der Waals surface area contributed by atoms with Crippen molar-refractivity contribution in [3.8, 4) is 5.75 Å². The number of rotatable bonds is 7. The first kappa shape index (κ1) is 14.3. The van der Waals surface area contributed by atoms with Gasteiger partial charge in [0.15, 0.2) is 0 Å². The van der Waals surface area contributed by atoms with Crippen LogP contribution in [0.1, 0.15) is 17.5 Å². The van der Waals surface area contributed by atoms with E-state index in [1.807, 2.05) is 6.07 Å². The molecule has 1 heterocycles. The number of aliphatic hydroxyl groups is 1. The fourth-order valence-electron chi connectivity index (χ4n) is 2.37. The Balaban J connectivity index is 1.67. The van der Waals surface area contributed by atoms with Crippen molar-refractivity contribution in [3.05, 3.63) is 29.3 Å². The molecule has 0 aliphatic carbocycles. The standard InChI is InChI=1S/C15H23NO3/c1-11-3-4-15-12(7-11)8-14(19-15)9-16-6-5-13(17)10-18-2/h3-4,7,13-14,16-17H,5-6,8-10H2,1-2H3. The normalized spacial score (nSPS) is 19.0. The summed E-state index contributed by atoms with van der Waals surface area (Å²) in [4.78, 5) is 0. The molecule has 1 aromatic rings. The van der Waals surface area contributed by atoms with Gasteiger partial charge in [0.2, 0.25) is 0 Å². The molecule has 0 radical (unpaired) electrons. The summed E-state index contributed by atoms with van der Waals surface area (Å²) in [6, 6.07) is 6.32. The van der Waals surface area contributed by atoms with Crippen molar-refractivity contribution in [3.63, 3.8) is 0 Å². The predicted octanol–water partition coefficient (Wildman–Crippen LogP) is 1.29. The SMILES string of the molecule is COCC(O)CCNCC1Cc2cc(C)ccc2O1. The average Bonchev–Trinajstić information content (AvgIpc) is 2.77. The van der Waals surface area contributed by atoms with E-state index >= 15 is 0 Å². The van der Waals surface area contributed by atoms with Crippen LogP contribution < -0.4 is 10.1 Å². The third-order valence-corrected chi connectivity index (χ3v) is 3.34. The van der Waals surface area contributed by atoms with Crippen LogP contribution in [0.2, 0.25) is 0 Å². The Bertz CT molecular complexity index is 408. The quantitative estimate of drug-likeness (QED) is 0.729. The second kappa shape index (κ2) is 6.89. The largest absolute Gasteiger partial charge is 0.488 e. The number of hydrogen-bond acceptors (Lipinski definition) is 4. The number of hydrogen-bond donors (Lipinski definition) is 2. The third-order valence-electron chi connectivity index (χ3n) is 3.34. The Morgan fingerprint density at radius 1 is 1.53 bits per heavy atom. The van der Waals surface area contributed by atoms with Gasteiger partial charge in [0.1, 0.15) is 11.9 Å². The lowest BCUT2D eigenvalue weighted by Crippen LogP contribution is -2.32. The van der Waals surface area contributed by atoms with E-state index in [2.05, 4.69) is 24.4 Å². The molecule has 0 amide bonds. The highest BCUT2D eigenvalue weighted by Gasteiger charge is 2.22. The second-order valence-electron chi connectivity index (χ2n) is 5.16. The third kappa shape index (κ3) is 4.20. The first-order valence-corrected chi connectivity index (χ1v) is 6.83. The Kier molecular flexibility index (Phi) is 5.19. The molecule has 2 rings (SSSR count).